The minimum atomic E-state index is 0.792. The van der Waals surface area contributed by atoms with Gasteiger partial charge in [0.1, 0.15) is 0 Å². The van der Waals surface area contributed by atoms with Crippen LogP contribution in [0.4, 0.5) is 0 Å². The molecule has 0 aliphatic rings. The molecule has 1 rings (SSSR count). The van der Waals surface area contributed by atoms with E-state index in [-0.39, 0.29) is 0 Å². The fourth-order valence-corrected chi connectivity index (χ4v) is 1.90. The van der Waals surface area contributed by atoms with Gasteiger partial charge in [-0.1, -0.05) is 33.3 Å². The summed E-state index contributed by atoms with van der Waals surface area (Å²) in [5.41, 5.74) is 1.11. The van der Waals surface area contributed by atoms with Gasteiger partial charge in [-0.2, -0.15) is 0 Å². The van der Waals surface area contributed by atoms with E-state index in [1.807, 2.05) is 18.3 Å². The predicted molar refractivity (Wildman–Crippen MR) is 77.5 cm³/mol. The van der Waals surface area contributed by atoms with Crippen LogP contribution in [-0.2, 0) is 6.54 Å². The van der Waals surface area contributed by atoms with Crippen LogP contribution in [0.25, 0.3) is 0 Å². The van der Waals surface area contributed by atoms with Crippen LogP contribution < -0.4 is 5.32 Å². The standard InChI is InChI=1S/C15H27N3/c1-4-14(3)13-18(5-2)11-10-16-12-15-8-6-7-9-17-15/h6-9,14,16H,4-5,10-13H2,1-3H3. The first kappa shape index (κ1) is 15.1. The topological polar surface area (TPSA) is 28.2 Å². The summed E-state index contributed by atoms with van der Waals surface area (Å²) >= 11 is 0. The summed E-state index contributed by atoms with van der Waals surface area (Å²) in [5.74, 6) is 0.792. The van der Waals surface area contributed by atoms with Crippen molar-refractivity contribution < 1.29 is 0 Å². The molecule has 1 N–H and O–H groups in total. The maximum absolute atomic E-state index is 4.30. The van der Waals surface area contributed by atoms with Gasteiger partial charge < -0.3 is 10.2 Å². The number of hydrogen-bond donors (Lipinski definition) is 1. The van der Waals surface area contributed by atoms with Crippen molar-refractivity contribution in [1.82, 2.24) is 15.2 Å². The first-order chi connectivity index (χ1) is 8.76. The van der Waals surface area contributed by atoms with E-state index in [0.29, 0.717) is 0 Å². The summed E-state index contributed by atoms with van der Waals surface area (Å²) in [5, 5.41) is 3.45. The smallest absolute Gasteiger partial charge is 0.0541 e. The number of nitrogens with zero attached hydrogens (tertiary/aromatic N) is 2. The molecule has 0 aliphatic heterocycles. The second-order valence-electron chi connectivity index (χ2n) is 4.90. The molecule has 0 saturated heterocycles. The first-order valence-corrected chi connectivity index (χ1v) is 7.09. The Morgan fingerprint density at radius 3 is 2.78 bits per heavy atom. The molecule has 3 heteroatoms. The Hall–Kier alpha value is -0.930. The Balaban J connectivity index is 2.15. The predicted octanol–water partition coefficient (Wildman–Crippen LogP) is 2.54. The van der Waals surface area contributed by atoms with Crippen LogP contribution in [0.1, 0.15) is 32.9 Å². The number of aromatic nitrogens is 1. The van der Waals surface area contributed by atoms with Crippen LogP contribution in [0.5, 0.6) is 0 Å². The van der Waals surface area contributed by atoms with Gasteiger partial charge in [-0.25, -0.2) is 0 Å². The van der Waals surface area contributed by atoms with Crippen molar-refractivity contribution in [3.05, 3.63) is 30.1 Å². The first-order valence-electron chi connectivity index (χ1n) is 7.09. The fraction of sp³-hybridized carbons (Fsp3) is 0.667. The molecule has 0 spiro atoms. The Morgan fingerprint density at radius 2 is 2.17 bits per heavy atom. The lowest BCUT2D eigenvalue weighted by Crippen LogP contribution is -2.34. The largest absolute Gasteiger partial charge is 0.310 e. The van der Waals surface area contributed by atoms with Crippen LogP contribution >= 0.6 is 0 Å². The van der Waals surface area contributed by atoms with Gasteiger partial charge in [0.2, 0.25) is 0 Å². The van der Waals surface area contributed by atoms with Crippen LogP contribution in [0.15, 0.2) is 24.4 Å². The average molecular weight is 249 g/mol. The molecular weight excluding hydrogens is 222 g/mol. The van der Waals surface area contributed by atoms with Crippen molar-refractivity contribution in [3.8, 4) is 0 Å². The quantitative estimate of drug-likeness (QED) is 0.682. The Kier molecular flexibility index (Phi) is 7.62. The lowest BCUT2D eigenvalue weighted by atomic mass is 10.1. The lowest BCUT2D eigenvalue weighted by molar-refractivity contribution is 0.245. The number of hydrogen-bond acceptors (Lipinski definition) is 3. The van der Waals surface area contributed by atoms with E-state index < -0.39 is 0 Å². The second kappa shape index (κ2) is 9.06. The molecule has 18 heavy (non-hydrogen) atoms. The van der Waals surface area contributed by atoms with Gasteiger partial charge in [0.05, 0.1) is 5.69 Å². The molecule has 0 saturated carbocycles. The second-order valence-corrected chi connectivity index (χ2v) is 4.90. The minimum Gasteiger partial charge on any atom is -0.310 e. The molecule has 0 radical (unpaired) electrons. The molecule has 1 aromatic rings. The van der Waals surface area contributed by atoms with Crippen molar-refractivity contribution in [2.24, 2.45) is 5.92 Å². The third-order valence-electron chi connectivity index (χ3n) is 3.35. The molecule has 0 aliphatic carbocycles. The monoisotopic (exact) mass is 249 g/mol. The van der Waals surface area contributed by atoms with Crippen LogP contribution in [0, 0.1) is 5.92 Å². The van der Waals surface area contributed by atoms with Crippen molar-refractivity contribution in [2.75, 3.05) is 26.2 Å². The zero-order valence-corrected chi connectivity index (χ0v) is 12.0. The van der Waals surface area contributed by atoms with Gasteiger partial charge in [0.15, 0.2) is 0 Å². The van der Waals surface area contributed by atoms with Gasteiger partial charge in [0, 0.05) is 32.4 Å². The van der Waals surface area contributed by atoms with E-state index in [0.717, 1.165) is 37.8 Å². The maximum Gasteiger partial charge on any atom is 0.0541 e. The Morgan fingerprint density at radius 1 is 1.33 bits per heavy atom. The van der Waals surface area contributed by atoms with E-state index in [2.05, 4.69) is 42.0 Å². The maximum atomic E-state index is 4.30. The van der Waals surface area contributed by atoms with Crippen LogP contribution in [0.3, 0.4) is 0 Å². The van der Waals surface area contributed by atoms with E-state index in [1.54, 1.807) is 0 Å². The van der Waals surface area contributed by atoms with Crippen molar-refractivity contribution in [1.29, 1.82) is 0 Å². The lowest BCUT2D eigenvalue weighted by Gasteiger charge is -2.23. The summed E-state index contributed by atoms with van der Waals surface area (Å²) in [6, 6.07) is 6.05. The molecule has 3 nitrogen and oxygen atoms in total. The molecule has 102 valence electrons. The molecule has 1 unspecified atom stereocenters. The molecule has 0 aromatic carbocycles. The summed E-state index contributed by atoms with van der Waals surface area (Å²) in [6.07, 6.45) is 3.11. The third kappa shape index (κ3) is 6.12. The molecule has 0 bridgehead atoms. The number of likely N-dealkylation sites (N-methyl/N-ethyl adjacent to an activating group) is 1. The molecule has 1 atom stereocenters. The SMILES string of the molecule is CCC(C)CN(CC)CCNCc1ccccn1. The Labute approximate surface area is 112 Å². The Bertz CT molecular complexity index is 300. The minimum absolute atomic E-state index is 0.792. The summed E-state index contributed by atoms with van der Waals surface area (Å²) in [7, 11) is 0. The number of nitrogens with one attached hydrogen (secondary N) is 1. The number of rotatable bonds is 9. The molecule has 1 aromatic heterocycles. The molecule has 0 fully saturated rings. The van der Waals surface area contributed by atoms with E-state index >= 15 is 0 Å². The third-order valence-corrected chi connectivity index (χ3v) is 3.35. The normalized spacial score (nSPS) is 12.9. The fourth-order valence-electron chi connectivity index (χ4n) is 1.90. The van der Waals surface area contributed by atoms with Crippen molar-refractivity contribution in [2.45, 2.75) is 33.7 Å². The van der Waals surface area contributed by atoms with Gasteiger partial charge in [-0.3, -0.25) is 4.98 Å². The van der Waals surface area contributed by atoms with Crippen molar-refractivity contribution >= 4 is 0 Å². The highest BCUT2D eigenvalue weighted by molar-refractivity contribution is 5.02. The van der Waals surface area contributed by atoms with Crippen LogP contribution in [-0.4, -0.2) is 36.1 Å². The van der Waals surface area contributed by atoms with E-state index in [4.69, 9.17) is 0 Å². The summed E-state index contributed by atoms with van der Waals surface area (Å²) < 4.78 is 0. The van der Waals surface area contributed by atoms with Gasteiger partial charge in [-0.05, 0) is 24.6 Å². The van der Waals surface area contributed by atoms with Gasteiger partial charge in [0.25, 0.3) is 0 Å². The van der Waals surface area contributed by atoms with Gasteiger partial charge in [-0.15, -0.1) is 0 Å². The van der Waals surface area contributed by atoms with E-state index in [1.165, 1.54) is 13.0 Å². The highest BCUT2D eigenvalue weighted by atomic mass is 15.1. The van der Waals surface area contributed by atoms with Crippen LogP contribution in [0.2, 0.25) is 0 Å². The van der Waals surface area contributed by atoms with Crippen molar-refractivity contribution in [3.63, 3.8) is 0 Å². The summed E-state index contributed by atoms with van der Waals surface area (Å²) in [4.78, 5) is 6.81. The highest BCUT2D eigenvalue weighted by Crippen LogP contribution is 2.03. The number of pyridine rings is 1. The van der Waals surface area contributed by atoms with Gasteiger partial charge >= 0.3 is 0 Å². The molecule has 0 amide bonds. The summed E-state index contributed by atoms with van der Waals surface area (Å²) in [6.45, 7) is 12.2. The zero-order chi connectivity index (χ0) is 13.2. The average Bonchev–Trinajstić information content (AvgIpc) is 2.43. The van der Waals surface area contributed by atoms with E-state index in [9.17, 15) is 0 Å². The zero-order valence-electron chi connectivity index (χ0n) is 12.0. The molecule has 1 heterocycles. The molecular formula is C15H27N3. The highest BCUT2D eigenvalue weighted by Gasteiger charge is 2.06.